The Morgan fingerprint density at radius 3 is 2.37 bits per heavy atom. The lowest BCUT2D eigenvalue weighted by atomic mass is 9.98. The number of ether oxygens (including phenoxy) is 2. The first kappa shape index (κ1) is 23.6. The first-order chi connectivity index (χ1) is 17.1. The Kier molecular flexibility index (Phi) is 6.88. The number of anilines is 1. The van der Waals surface area contributed by atoms with Crippen molar-refractivity contribution in [3.63, 3.8) is 0 Å². The molecule has 2 aromatic carbocycles. The number of halogens is 1. The molecule has 0 radical (unpaired) electrons. The van der Waals surface area contributed by atoms with Crippen LogP contribution in [0.25, 0.3) is 0 Å². The van der Waals surface area contributed by atoms with Crippen molar-refractivity contribution in [1.29, 1.82) is 0 Å². The largest absolute Gasteiger partial charge is 0.493 e. The maximum atomic E-state index is 13.1. The lowest BCUT2D eigenvalue weighted by Gasteiger charge is -2.36. The lowest BCUT2D eigenvalue weighted by Crippen LogP contribution is -2.48. The summed E-state index contributed by atoms with van der Waals surface area (Å²) < 4.78 is 16.9. The summed E-state index contributed by atoms with van der Waals surface area (Å²) in [7, 11) is 3.32. The molecule has 7 nitrogen and oxygen atoms in total. The first-order valence-electron chi connectivity index (χ1n) is 11.9. The van der Waals surface area contributed by atoms with Crippen LogP contribution in [0.4, 0.5) is 5.69 Å². The van der Waals surface area contributed by atoms with Gasteiger partial charge in [-0.05, 0) is 53.9 Å². The molecule has 0 bridgehead atoms. The molecule has 3 heterocycles. The molecule has 1 saturated heterocycles. The Labute approximate surface area is 210 Å². The summed E-state index contributed by atoms with van der Waals surface area (Å²) in [6, 6.07) is 15.7. The summed E-state index contributed by atoms with van der Waals surface area (Å²) in [5, 5.41) is 0.737. The number of carbonyl (C=O) groups excluding carboxylic acids is 1. The summed E-state index contributed by atoms with van der Waals surface area (Å²) in [4.78, 5) is 19.5. The standard InChI is InChI=1S/C27H30ClN3O4/c1-33-25-15-19-9-10-29(17-20(19)16-26(25)34-2)18-21-7-8-24(35-21)27(32)31-13-11-30(12-14-31)23-6-4-3-5-22(23)28/h3-8,15-16H,9-14,17-18H2,1-2H3. The van der Waals surface area contributed by atoms with Crippen LogP contribution in [-0.2, 0) is 19.5 Å². The van der Waals surface area contributed by atoms with Gasteiger partial charge in [0.05, 0.1) is 31.5 Å². The molecule has 2 aliphatic heterocycles. The average Bonchev–Trinajstić information content (AvgIpc) is 3.36. The van der Waals surface area contributed by atoms with Gasteiger partial charge >= 0.3 is 0 Å². The fourth-order valence-electron chi connectivity index (χ4n) is 4.89. The van der Waals surface area contributed by atoms with Crippen LogP contribution in [0.15, 0.2) is 52.9 Å². The molecule has 184 valence electrons. The van der Waals surface area contributed by atoms with Crippen molar-refractivity contribution < 1.29 is 18.7 Å². The predicted octanol–water partition coefficient (Wildman–Crippen LogP) is 4.47. The minimum atomic E-state index is -0.0594. The number of carbonyl (C=O) groups is 1. The smallest absolute Gasteiger partial charge is 0.289 e. The fraction of sp³-hybridized carbons (Fsp3) is 0.370. The number of fused-ring (bicyclic) bond motifs is 1. The second kappa shape index (κ2) is 10.2. The van der Waals surface area contributed by atoms with Crippen LogP contribution < -0.4 is 14.4 Å². The molecule has 1 amide bonds. The van der Waals surface area contributed by atoms with Gasteiger partial charge in [0.25, 0.3) is 5.91 Å². The third kappa shape index (κ3) is 4.97. The van der Waals surface area contributed by atoms with Crippen molar-refractivity contribution in [3.8, 4) is 11.5 Å². The molecule has 1 aromatic heterocycles. The third-order valence-electron chi connectivity index (χ3n) is 6.81. The van der Waals surface area contributed by atoms with Crippen molar-refractivity contribution in [2.24, 2.45) is 0 Å². The fourth-order valence-corrected chi connectivity index (χ4v) is 5.14. The van der Waals surface area contributed by atoms with E-state index in [-0.39, 0.29) is 5.91 Å². The van der Waals surface area contributed by atoms with Gasteiger partial charge in [0.15, 0.2) is 17.3 Å². The highest BCUT2D eigenvalue weighted by Crippen LogP contribution is 2.33. The zero-order valence-electron chi connectivity index (χ0n) is 20.1. The van der Waals surface area contributed by atoms with Gasteiger partial charge in [-0.25, -0.2) is 0 Å². The van der Waals surface area contributed by atoms with E-state index in [9.17, 15) is 4.79 Å². The number of nitrogens with zero attached hydrogens (tertiary/aromatic N) is 3. The molecular weight excluding hydrogens is 466 g/mol. The van der Waals surface area contributed by atoms with Crippen molar-refractivity contribution in [2.45, 2.75) is 19.5 Å². The van der Waals surface area contributed by atoms with E-state index in [1.165, 1.54) is 11.1 Å². The van der Waals surface area contributed by atoms with Gasteiger partial charge in [-0.15, -0.1) is 0 Å². The van der Waals surface area contributed by atoms with Gasteiger partial charge in [-0.1, -0.05) is 23.7 Å². The van der Waals surface area contributed by atoms with Gasteiger partial charge in [0, 0.05) is 39.3 Å². The summed E-state index contributed by atoms with van der Waals surface area (Å²) in [5.74, 6) is 2.65. The minimum absolute atomic E-state index is 0.0594. The van der Waals surface area contributed by atoms with Crippen LogP contribution in [0.3, 0.4) is 0 Å². The minimum Gasteiger partial charge on any atom is -0.493 e. The Morgan fingerprint density at radius 1 is 0.943 bits per heavy atom. The highest BCUT2D eigenvalue weighted by Gasteiger charge is 2.26. The monoisotopic (exact) mass is 495 g/mol. The van der Waals surface area contributed by atoms with E-state index in [4.69, 9.17) is 25.5 Å². The van der Waals surface area contributed by atoms with E-state index in [0.717, 1.165) is 60.6 Å². The Balaban J connectivity index is 1.19. The second-order valence-corrected chi connectivity index (χ2v) is 9.34. The van der Waals surface area contributed by atoms with E-state index in [1.54, 1.807) is 20.3 Å². The van der Waals surface area contributed by atoms with E-state index in [1.807, 2.05) is 35.2 Å². The third-order valence-corrected chi connectivity index (χ3v) is 7.13. The molecule has 0 aliphatic carbocycles. The lowest BCUT2D eigenvalue weighted by molar-refractivity contribution is 0.0710. The quantitative estimate of drug-likeness (QED) is 0.503. The molecule has 0 spiro atoms. The summed E-state index contributed by atoms with van der Waals surface area (Å²) in [5.41, 5.74) is 3.53. The van der Waals surface area contributed by atoms with Gasteiger partial charge in [0.1, 0.15) is 5.76 Å². The molecule has 2 aliphatic rings. The van der Waals surface area contributed by atoms with Gasteiger partial charge in [0.2, 0.25) is 0 Å². The van der Waals surface area contributed by atoms with E-state index in [0.29, 0.717) is 25.4 Å². The van der Waals surface area contributed by atoms with E-state index >= 15 is 0 Å². The number of methoxy groups -OCH3 is 2. The van der Waals surface area contributed by atoms with Crippen molar-refractivity contribution in [2.75, 3.05) is 51.8 Å². The van der Waals surface area contributed by atoms with Gasteiger partial charge in [-0.2, -0.15) is 0 Å². The van der Waals surface area contributed by atoms with Crippen molar-refractivity contribution >= 4 is 23.2 Å². The van der Waals surface area contributed by atoms with Crippen LogP contribution in [0.2, 0.25) is 5.02 Å². The van der Waals surface area contributed by atoms with Gasteiger partial charge < -0.3 is 23.7 Å². The Bertz CT molecular complexity index is 1200. The zero-order valence-corrected chi connectivity index (χ0v) is 20.9. The molecule has 3 aromatic rings. The average molecular weight is 496 g/mol. The number of amides is 1. The topological polar surface area (TPSA) is 58.4 Å². The first-order valence-corrected chi connectivity index (χ1v) is 12.3. The maximum absolute atomic E-state index is 13.1. The molecule has 35 heavy (non-hydrogen) atoms. The number of piperazine rings is 1. The molecule has 8 heteroatoms. The van der Waals surface area contributed by atoms with Crippen LogP contribution in [-0.4, -0.2) is 62.7 Å². The number of hydrogen-bond donors (Lipinski definition) is 0. The van der Waals surface area contributed by atoms with Crippen molar-refractivity contribution in [3.05, 3.63) is 76.2 Å². The molecule has 0 saturated carbocycles. The van der Waals surface area contributed by atoms with Gasteiger partial charge in [-0.3, -0.25) is 9.69 Å². The Hall–Kier alpha value is -3.16. The summed E-state index contributed by atoms with van der Waals surface area (Å²) >= 11 is 6.34. The molecule has 1 fully saturated rings. The van der Waals surface area contributed by atoms with Crippen LogP contribution in [0, 0.1) is 0 Å². The molecule has 0 N–H and O–H groups in total. The second-order valence-electron chi connectivity index (χ2n) is 8.93. The van der Waals surface area contributed by atoms with Crippen LogP contribution in [0.5, 0.6) is 11.5 Å². The number of para-hydroxylation sites is 1. The number of benzene rings is 2. The van der Waals surface area contributed by atoms with E-state index in [2.05, 4.69) is 21.9 Å². The molecule has 0 unspecified atom stereocenters. The number of rotatable bonds is 6. The SMILES string of the molecule is COc1cc2c(cc1OC)CN(Cc1ccc(C(=O)N3CCN(c4ccccc4Cl)CC3)o1)CC2. The highest BCUT2D eigenvalue weighted by atomic mass is 35.5. The predicted molar refractivity (Wildman–Crippen MR) is 136 cm³/mol. The summed E-state index contributed by atoms with van der Waals surface area (Å²) in [6.45, 7) is 5.11. The normalized spacial score (nSPS) is 16.2. The van der Waals surface area contributed by atoms with Crippen LogP contribution in [0.1, 0.15) is 27.4 Å². The van der Waals surface area contributed by atoms with Crippen molar-refractivity contribution in [1.82, 2.24) is 9.80 Å². The Morgan fingerprint density at radius 2 is 1.66 bits per heavy atom. The maximum Gasteiger partial charge on any atom is 0.289 e. The van der Waals surface area contributed by atoms with Crippen LogP contribution >= 0.6 is 11.6 Å². The van der Waals surface area contributed by atoms with E-state index < -0.39 is 0 Å². The highest BCUT2D eigenvalue weighted by molar-refractivity contribution is 6.33. The number of hydrogen-bond acceptors (Lipinski definition) is 6. The summed E-state index contributed by atoms with van der Waals surface area (Å²) in [6.07, 6.45) is 0.928. The number of furan rings is 1. The molecule has 0 atom stereocenters. The molecule has 5 rings (SSSR count). The zero-order chi connectivity index (χ0) is 24.4. The molecular formula is C27H30ClN3O4.